The fourth-order valence-corrected chi connectivity index (χ4v) is 1.62. The van der Waals surface area contributed by atoms with Crippen LogP contribution in [-0.2, 0) is 4.79 Å². The molecule has 4 heteroatoms. The second-order valence-electron chi connectivity index (χ2n) is 2.59. The van der Waals surface area contributed by atoms with Crippen molar-refractivity contribution in [2.24, 2.45) is 0 Å². The third-order valence-electron chi connectivity index (χ3n) is 1.58. The number of rotatable bonds is 5. The monoisotopic (exact) mass is 178 g/mol. The van der Waals surface area contributed by atoms with Crippen molar-refractivity contribution in [1.29, 1.82) is 0 Å². The summed E-state index contributed by atoms with van der Waals surface area (Å²) in [6.45, 7) is 3.41. The number of ketones is 1. The molecule has 0 aliphatic heterocycles. The zero-order valence-electron chi connectivity index (χ0n) is 6.95. The van der Waals surface area contributed by atoms with E-state index in [1.807, 2.05) is 6.92 Å². The number of hydrogen-bond acceptors (Lipinski definition) is 3. The molecule has 0 bridgehead atoms. The van der Waals surface area contributed by atoms with E-state index in [4.69, 9.17) is 9.79 Å². The summed E-state index contributed by atoms with van der Waals surface area (Å²) < 4.78 is 0. The van der Waals surface area contributed by atoms with Gasteiger partial charge >= 0.3 is 0 Å². The SMILES string of the molecule is CCCCC(C(C)=O)P(O)O. The van der Waals surface area contributed by atoms with Crippen LogP contribution in [0.1, 0.15) is 33.1 Å². The largest absolute Gasteiger partial charge is 0.350 e. The van der Waals surface area contributed by atoms with Gasteiger partial charge < -0.3 is 9.79 Å². The van der Waals surface area contributed by atoms with E-state index in [0.717, 1.165) is 12.8 Å². The quantitative estimate of drug-likeness (QED) is 0.626. The van der Waals surface area contributed by atoms with Crippen molar-refractivity contribution in [2.45, 2.75) is 38.8 Å². The lowest BCUT2D eigenvalue weighted by molar-refractivity contribution is -0.116. The topological polar surface area (TPSA) is 57.5 Å². The van der Waals surface area contributed by atoms with E-state index in [-0.39, 0.29) is 5.78 Å². The molecule has 1 atom stereocenters. The third-order valence-corrected chi connectivity index (χ3v) is 2.76. The summed E-state index contributed by atoms with van der Waals surface area (Å²) in [7, 11) is -2.06. The number of unbranched alkanes of at least 4 members (excludes halogenated alkanes) is 1. The molecule has 0 aliphatic carbocycles. The fraction of sp³-hybridized carbons (Fsp3) is 0.857. The lowest BCUT2D eigenvalue weighted by Crippen LogP contribution is -2.15. The highest BCUT2D eigenvalue weighted by molar-refractivity contribution is 7.47. The zero-order chi connectivity index (χ0) is 8.85. The van der Waals surface area contributed by atoms with Crippen molar-refractivity contribution in [3.63, 3.8) is 0 Å². The fourth-order valence-electron chi connectivity index (χ4n) is 0.879. The number of Topliss-reactive ketones (excluding diaryl/α,β-unsaturated/α-hetero) is 1. The highest BCUT2D eigenvalue weighted by atomic mass is 31.2. The molecule has 0 aliphatic rings. The normalized spacial score (nSPS) is 13.5. The second kappa shape index (κ2) is 5.64. The summed E-state index contributed by atoms with van der Waals surface area (Å²) in [6.07, 6.45) is 2.46. The van der Waals surface area contributed by atoms with E-state index in [1.165, 1.54) is 6.92 Å². The van der Waals surface area contributed by atoms with Crippen LogP contribution in [0.25, 0.3) is 0 Å². The highest BCUT2D eigenvalue weighted by Crippen LogP contribution is 2.34. The van der Waals surface area contributed by atoms with Gasteiger partial charge in [-0.3, -0.25) is 4.79 Å². The van der Waals surface area contributed by atoms with Crippen LogP contribution in [-0.4, -0.2) is 21.2 Å². The van der Waals surface area contributed by atoms with Crippen molar-refractivity contribution >= 4 is 14.2 Å². The van der Waals surface area contributed by atoms with Gasteiger partial charge in [0, 0.05) is 0 Å². The molecule has 0 aromatic carbocycles. The van der Waals surface area contributed by atoms with E-state index >= 15 is 0 Å². The first kappa shape index (κ1) is 11.0. The summed E-state index contributed by atoms with van der Waals surface area (Å²) in [5.41, 5.74) is -0.523. The van der Waals surface area contributed by atoms with Crippen molar-refractivity contribution in [3.05, 3.63) is 0 Å². The predicted octanol–water partition coefficient (Wildman–Crippen LogP) is 1.43. The summed E-state index contributed by atoms with van der Waals surface area (Å²) in [6, 6.07) is 0. The first-order valence-electron chi connectivity index (χ1n) is 3.77. The predicted molar refractivity (Wildman–Crippen MR) is 45.4 cm³/mol. The first-order chi connectivity index (χ1) is 5.09. The molecule has 1 unspecified atom stereocenters. The molecule has 0 aromatic heterocycles. The maximum atomic E-state index is 10.8. The molecule has 66 valence electrons. The number of carbonyl (C=O) groups excluding carboxylic acids is 1. The Kier molecular flexibility index (Phi) is 5.65. The summed E-state index contributed by atoms with van der Waals surface area (Å²) in [5, 5.41) is 0. The minimum atomic E-state index is -2.06. The van der Waals surface area contributed by atoms with Gasteiger partial charge in [-0.2, -0.15) is 0 Å². The molecule has 0 amide bonds. The van der Waals surface area contributed by atoms with E-state index < -0.39 is 14.0 Å². The lowest BCUT2D eigenvalue weighted by Gasteiger charge is -2.13. The van der Waals surface area contributed by atoms with Crippen LogP contribution in [0.3, 0.4) is 0 Å². The summed E-state index contributed by atoms with van der Waals surface area (Å²) in [4.78, 5) is 28.4. The Morgan fingerprint density at radius 2 is 2.09 bits per heavy atom. The highest BCUT2D eigenvalue weighted by Gasteiger charge is 2.21. The molecule has 0 fully saturated rings. The Labute approximate surface area is 68.4 Å². The van der Waals surface area contributed by atoms with Crippen molar-refractivity contribution in [1.82, 2.24) is 0 Å². The Morgan fingerprint density at radius 1 is 1.55 bits per heavy atom. The minimum absolute atomic E-state index is 0.116. The van der Waals surface area contributed by atoms with Crippen molar-refractivity contribution < 1.29 is 14.6 Å². The van der Waals surface area contributed by atoms with Gasteiger partial charge in [-0.15, -0.1) is 0 Å². The maximum absolute atomic E-state index is 10.8. The van der Waals surface area contributed by atoms with Crippen LogP contribution in [0.4, 0.5) is 0 Å². The molecule has 0 radical (unpaired) electrons. The molecule has 0 aromatic rings. The van der Waals surface area contributed by atoms with Crippen LogP contribution in [0.2, 0.25) is 0 Å². The smallest absolute Gasteiger partial charge is 0.176 e. The van der Waals surface area contributed by atoms with E-state index in [9.17, 15) is 4.79 Å². The number of carbonyl (C=O) groups is 1. The van der Waals surface area contributed by atoms with Gasteiger partial charge in [-0.25, -0.2) is 0 Å². The van der Waals surface area contributed by atoms with Crippen molar-refractivity contribution in [3.8, 4) is 0 Å². The van der Waals surface area contributed by atoms with Gasteiger partial charge in [-0.05, 0) is 13.3 Å². The minimum Gasteiger partial charge on any atom is -0.350 e. The van der Waals surface area contributed by atoms with Gasteiger partial charge in [0.25, 0.3) is 0 Å². The Morgan fingerprint density at radius 3 is 2.36 bits per heavy atom. The second-order valence-corrected chi connectivity index (χ2v) is 3.85. The van der Waals surface area contributed by atoms with Crippen molar-refractivity contribution in [2.75, 3.05) is 0 Å². The van der Waals surface area contributed by atoms with Gasteiger partial charge in [0.15, 0.2) is 8.38 Å². The molecular formula is C7H15O3P. The van der Waals surface area contributed by atoms with Crippen LogP contribution < -0.4 is 0 Å². The summed E-state index contributed by atoms with van der Waals surface area (Å²) >= 11 is 0. The zero-order valence-corrected chi connectivity index (χ0v) is 7.84. The molecular weight excluding hydrogens is 163 g/mol. The van der Waals surface area contributed by atoms with Crippen LogP contribution in [0.5, 0.6) is 0 Å². The molecule has 0 rings (SSSR count). The Balaban J connectivity index is 3.80. The van der Waals surface area contributed by atoms with E-state index in [0.29, 0.717) is 6.42 Å². The molecule has 2 N–H and O–H groups in total. The third kappa shape index (κ3) is 4.46. The molecule has 0 spiro atoms. The standard InChI is InChI=1S/C7H15O3P/c1-3-4-5-7(6(2)8)11(9)10/h7,9-10H,3-5H2,1-2H3. The van der Waals surface area contributed by atoms with Crippen LogP contribution in [0.15, 0.2) is 0 Å². The molecule has 0 saturated heterocycles. The molecule has 11 heavy (non-hydrogen) atoms. The van der Waals surface area contributed by atoms with E-state index in [1.54, 1.807) is 0 Å². The maximum Gasteiger partial charge on any atom is 0.176 e. The Bertz CT molecular complexity index is 125. The molecule has 0 heterocycles. The Hall–Kier alpha value is 0.0200. The summed E-state index contributed by atoms with van der Waals surface area (Å²) in [5.74, 6) is -0.116. The average Bonchev–Trinajstić information content (AvgIpc) is 1.87. The van der Waals surface area contributed by atoms with E-state index in [2.05, 4.69) is 0 Å². The van der Waals surface area contributed by atoms with Gasteiger partial charge in [0.05, 0.1) is 5.66 Å². The first-order valence-corrected chi connectivity index (χ1v) is 5.08. The van der Waals surface area contributed by atoms with Gasteiger partial charge in [0.1, 0.15) is 5.78 Å². The van der Waals surface area contributed by atoms with Crippen LogP contribution >= 0.6 is 8.38 Å². The van der Waals surface area contributed by atoms with Gasteiger partial charge in [-0.1, -0.05) is 19.8 Å². The van der Waals surface area contributed by atoms with Crippen LogP contribution in [0, 0.1) is 0 Å². The molecule has 0 saturated carbocycles. The molecule has 3 nitrogen and oxygen atoms in total. The average molecular weight is 178 g/mol. The number of hydrogen-bond donors (Lipinski definition) is 2. The van der Waals surface area contributed by atoms with Gasteiger partial charge in [0.2, 0.25) is 0 Å². The lowest BCUT2D eigenvalue weighted by atomic mass is 10.1.